The summed E-state index contributed by atoms with van der Waals surface area (Å²) in [6.45, 7) is 5.07. The van der Waals surface area contributed by atoms with Crippen LogP contribution in [0.5, 0.6) is 0 Å². The molecule has 20 heavy (non-hydrogen) atoms. The van der Waals surface area contributed by atoms with E-state index in [0.717, 1.165) is 0 Å². The minimum Gasteiger partial charge on any atom is -0.377 e. The molecule has 7 nitrogen and oxygen atoms in total. The van der Waals surface area contributed by atoms with Gasteiger partial charge in [0.05, 0.1) is 13.2 Å². The Bertz CT molecular complexity index is 526. The van der Waals surface area contributed by atoms with Crippen LogP contribution in [-0.4, -0.2) is 47.7 Å². The van der Waals surface area contributed by atoms with Gasteiger partial charge in [-0.3, -0.25) is 4.79 Å². The molecule has 1 aliphatic heterocycles. The van der Waals surface area contributed by atoms with Gasteiger partial charge >= 0.3 is 0 Å². The van der Waals surface area contributed by atoms with Gasteiger partial charge in [-0.05, 0) is 13.8 Å². The van der Waals surface area contributed by atoms with Gasteiger partial charge in [-0.2, -0.15) is 5.26 Å². The number of amides is 1. The van der Waals surface area contributed by atoms with E-state index in [-0.39, 0.29) is 24.2 Å². The number of morpholine rings is 1. The average Bonchev–Trinajstić information content (AvgIpc) is 2.46. The SMILES string of the molecule is CC(C)NC(=O)C1COCCN1c1nccnc1C#N. The third-order valence-corrected chi connectivity index (χ3v) is 2.92. The Hall–Kier alpha value is -2.20. The maximum atomic E-state index is 12.2. The zero-order chi connectivity index (χ0) is 14.5. The van der Waals surface area contributed by atoms with E-state index in [1.54, 1.807) is 4.90 Å². The Labute approximate surface area is 117 Å². The highest BCUT2D eigenvalue weighted by atomic mass is 16.5. The molecule has 0 aliphatic carbocycles. The fraction of sp³-hybridized carbons (Fsp3) is 0.538. The molecule has 2 rings (SSSR count). The zero-order valence-corrected chi connectivity index (χ0v) is 11.5. The van der Waals surface area contributed by atoms with Gasteiger partial charge in [0.15, 0.2) is 11.5 Å². The van der Waals surface area contributed by atoms with Crippen molar-refractivity contribution in [1.82, 2.24) is 15.3 Å². The molecule has 1 aliphatic rings. The van der Waals surface area contributed by atoms with Crippen LogP contribution in [-0.2, 0) is 9.53 Å². The van der Waals surface area contributed by atoms with Gasteiger partial charge in [0, 0.05) is 25.0 Å². The minimum atomic E-state index is -0.491. The van der Waals surface area contributed by atoms with Crippen LogP contribution < -0.4 is 10.2 Å². The lowest BCUT2D eigenvalue weighted by Gasteiger charge is -2.35. The monoisotopic (exact) mass is 275 g/mol. The standard InChI is InChI=1S/C13H17N5O2/c1-9(2)17-13(19)11-8-20-6-5-18(11)12-10(7-14)15-3-4-16-12/h3-4,9,11H,5-6,8H2,1-2H3,(H,17,19). The number of rotatable bonds is 3. The quantitative estimate of drug-likeness (QED) is 0.840. The third-order valence-electron chi connectivity index (χ3n) is 2.92. The predicted octanol–water partition coefficient (Wildman–Crippen LogP) is 0.0781. The average molecular weight is 275 g/mol. The van der Waals surface area contributed by atoms with Crippen molar-refractivity contribution in [2.24, 2.45) is 0 Å². The molecule has 1 unspecified atom stereocenters. The lowest BCUT2D eigenvalue weighted by Crippen LogP contribution is -2.55. The highest BCUT2D eigenvalue weighted by molar-refractivity contribution is 5.85. The van der Waals surface area contributed by atoms with E-state index in [4.69, 9.17) is 10.00 Å². The van der Waals surface area contributed by atoms with Crippen LogP contribution in [0.1, 0.15) is 19.5 Å². The maximum absolute atomic E-state index is 12.2. The molecule has 1 amide bonds. The summed E-state index contributed by atoms with van der Waals surface area (Å²) >= 11 is 0. The van der Waals surface area contributed by atoms with Crippen molar-refractivity contribution in [2.45, 2.75) is 25.9 Å². The number of nitrogens with zero attached hydrogens (tertiary/aromatic N) is 4. The molecule has 7 heteroatoms. The fourth-order valence-corrected chi connectivity index (χ4v) is 2.07. The number of aromatic nitrogens is 2. The Morgan fingerprint density at radius 1 is 1.55 bits per heavy atom. The van der Waals surface area contributed by atoms with Crippen molar-refractivity contribution in [3.8, 4) is 6.07 Å². The Kier molecular flexibility index (Phi) is 4.48. The van der Waals surface area contributed by atoms with Crippen LogP contribution in [0.4, 0.5) is 5.82 Å². The Balaban J connectivity index is 2.27. The normalized spacial score (nSPS) is 18.7. The van der Waals surface area contributed by atoms with Crippen molar-refractivity contribution >= 4 is 11.7 Å². The summed E-state index contributed by atoms with van der Waals surface area (Å²) in [5.41, 5.74) is 0.219. The molecule has 1 atom stereocenters. The maximum Gasteiger partial charge on any atom is 0.245 e. The second kappa shape index (κ2) is 6.30. The number of ether oxygens (including phenoxy) is 1. The van der Waals surface area contributed by atoms with Crippen LogP contribution in [0.2, 0.25) is 0 Å². The molecule has 0 radical (unpaired) electrons. The highest BCUT2D eigenvalue weighted by Crippen LogP contribution is 2.19. The van der Waals surface area contributed by atoms with Crippen LogP contribution in [0, 0.1) is 11.3 Å². The highest BCUT2D eigenvalue weighted by Gasteiger charge is 2.32. The second-order valence-electron chi connectivity index (χ2n) is 4.79. The molecule has 1 N–H and O–H groups in total. The Morgan fingerprint density at radius 2 is 2.30 bits per heavy atom. The number of hydrogen-bond donors (Lipinski definition) is 1. The van der Waals surface area contributed by atoms with E-state index in [1.165, 1.54) is 12.4 Å². The molecule has 1 aromatic rings. The largest absolute Gasteiger partial charge is 0.377 e. The number of carbonyl (C=O) groups is 1. The van der Waals surface area contributed by atoms with Crippen LogP contribution in [0.3, 0.4) is 0 Å². The smallest absolute Gasteiger partial charge is 0.245 e. The van der Waals surface area contributed by atoms with E-state index in [9.17, 15) is 4.79 Å². The molecule has 0 bridgehead atoms. The number of carbonyl (C=O) groups excluding carboxylic acids is 1. The molecule has 0 aromatic carbocycles. The number of anilines is 1. The number of nitriles is 1. The third kappa shape index (κ3) is 3.03. The van der Waals surface area contributed by atoms with Gasteiger partial charge in [-0.15, -0.1) is 0 Å². The van der Waals surface area contributed by atoms with E-state index in [2.05, 4.69) is 15.3 Å². The number of nitrogens with one attached hydrogen (secondary N) is 1. The lowest BCUT2D eigenvalue weighted by atomic mass is 10.2. The van der Waals surface area contributed by atoms with Gasteiger partial charge in [0.2, 0.25) is 5.91 Å². The molecule has 106 valence electrons. The van der Waals surface area contributed by atoms with Crippen LogP contribution >= 0.6 is 0 Å². The van der Waals surface area contributed by atoms with Crippen molar-refractivity contribution in [3.63, 3.8) is 0 Å². The summed E-state index contributed by atoms with van der Waals surface area (Å²) < 4.78 is 5.38. The summed E-state index contributed by atoms with van der Waals surface area (Å²) in [6.07, 6.45) is 2.98. The zero-order valence-electron chi connectivity index (χ0n) is 11.5. The topological polar surface area (TPSA) is 91.1 Å². The summed E-state index contributed by atoms with van der Waals surface area (Å²) in [4.78, 5) is 22.2. The van der Waals surface area contributed by atoms with E-state index in [1.807, 2.05) is 19.9 Å². The van der Waals surface area contributed by atoms with E-state index >= 15 is 0 Å². The Morgan fingerprint density at radius 3 is 3.00 bits per heavy atom. The molecule has 1 aromatic heterocycles. The lowest BCUT2D eigenvalue weighted by molar-refractivity contribution is -0.125. The van der Waals surface area contributed by atoms with Crippen LogP contribution in [0.15, 0.2) is 12.4 Å². The second-order valence-corrected chi connectivity index (χ2v) is 4.79. The van der Waals surface area contributed by atoms with Crippen molar-refractivity contribution in [1.29, 1.82) is 5.26 Å². The molecule has 0 saturated carbocycles. The van der Waals surface area contributed by atoms with Gasteiger partial charge < -0.3 is 15.0 Å². The van der Waals surface area contributed by atoms with Crippen molar-refractivity contribution in [3.05, 3.63) is 18.1 Å². The summed E-state index contributed by atoms with van der Waals surface area (Å²) in [5, 5.41) is 12.0. The van der Waals surface area contributed by atoms with Gasteiger partial charge in [-0.25, -0.2) is 9.97 Å². The van der Waals surface area contributed by atoms with Gasteiger partial charge in [-0.1, -0.05) is 0 Å². The summed E-state index contributed by atoms with van der Waals surface area (Å²) in [5.74, 6) is 0.302. The first-order chi connectivity index (χ1) is 9.63. The minimum absolute atomic E-state index is 0.0450. The molecule has 1 fully saturated rings. The summed E-state index contributed by atoms with van der Waals surface area (Å²) in [6, 6.07) is 1.56. The van der Waals surface area contributed by atoms with Gasteiger partial charge in [0.1, 0.15) is 12.1 Å². The van der Waals surface area contributed by atoms with Gasteiger partial charge in [0.25, 0.3) is 0 Å². The molecular formula is C13H17N5O2. The number of hydrogen-bond acceptors (Lipinski definition) is 6. The molecular weight excluding hydrogens is 258 g/mol. The first-order valence-electron chi connectivity index (χ1n) is 6.49. The molecule has 1 saturated heterocycles. The molecule has 2 heterocycles. The predicted molar refractivity (Wildman–Crippen MR) is 72.0 cm³/mol. The first kappa shape index (κ1) is 14.2. The van der Waals surface area contributed by atoms with Crippen molar-refractivity contribution < 1.29 is 9.53 Å². The fourth-order valence-electron chi connectivity index (χ4n) is 2.07. The molecule has 0 spiro atoms. The van der Waals surface area contributed by atoms with E-state index < -0.39 is 6.04 Å². The van der Waals surface area contributed by atoms with E-state index in [0.29, 0.717) is 19.0 Å². The first-order valence-corrected chi connectivity index (χ1v) is 6.49. The van der Waals surface area contributed by atoms with Crippen molar-refractivity contribution in [2.75, 3.05) is 24.7 Å². The summed E-state index contributed by atoms with van der Waals surface area (Å²) in [7, 11) is 0. The van der Waals surface area contributed by atoms with Crippen LogP contribution in [0.25, 0.3) is 0 Å².